The molecular weight excluding hydrogens is 292 g/mol. The van der Waals surface area contributed by atoms with E-state index in [0.29, 0.717) is 5.92 Å². The predicted octanol–water partition coefficient (Wildman–Crippen LogP) is 4.30. The van der Waals surface area contributed by atoms with Gasteiger partial charge in [0, 0.05) is 0 Å². The van der Waals surface area contributed by atoms with E-state index in [1.165, 1.54) is 11.1 Å². The number of hydrogen-bond donors (Lipinski definition) is 0. The summed E-state index contributed by atoms with van der Waals surface area (Å²) in [5.41, 5.74) is 2.63. The minimum absolute atomic E-state index is 0.346. The predicted molar refractivity (Wildman–Crippen MR) is 55.8 cm³/mol. The Morgan fingerprint density at radius 2 is 1.92 bits per heavy atom. The van der Waals surface area contributed by atoms with Gasteiger partial charge in [-0.3, -0.25) is 0 Å². The number of aryl methyl sites for hydroxylation is 1. The fraction of sp³-hybridized carbons (Fsp3) is 0.400. The van der Waals surface area contributed by atoms with Crippen molar-refractivity contribution in [1.29, 1.82) is 0 Å². The monoisotopic (exact) mass is 305 g/mol. The molecule has 1 aromatic carbocycles. The summed E-state index contributed by atoms with van der Waals surface area (Å²) in [7, 11) is 9.71. The third kappa shape index (κ3) is 6.49. The third-order valence-corrected chi connectivity index (χ3v) is 1.60. The average molecular weight is 305 g/mol. The Balaban J connectivity index is 0.000000424. The molecule has 0 unspecified atom stereocenters. The first-order valence-corrected chi connectivity index (χ1v) is 8.42. The fourth-order valence-electron chi connectivity index (χ4n) is 0.938. The second-order valence-electron chi connectivity index (χ2n) is 3.03. The quantitative estimate of drug-likeness (QED) is 0.536. The topological polar surface area (TPSA) is 0 Å². The van der Waals surface area contributed by atoms with Crippen LogP contribution in [0.2, 0.25) is 0 Å². The zero-order valence-corrected chi connectivity index (χ0v) is 11.2. The molecule has 1 aromatic rings. The van der Waals surface area contributed by atoms with Gasteiger partial charge in [-0.25, -0.2) is 0 Å². The maximum absolute atomic E-state index is 4.85. The van der Waals surface area contributed by atoms with Gasteiger partial charge in [-0.2, -0.15) is 35.4 Å². The molecule has 0 radical (unpaired) electrons. The molecule has 0 bridgehead atoms. The van der Waals surface area contributed by atoms with E-state index in [9.17, 15) is 0 Å². The molecule has 13 heavy (non-hydrogen) atoms. The second-order valence-corrected chi connectivity index (χ2v) is 5.67. The Kier molecular flexibility index (Phi) is 8.05. The first-order valence-electron chi connectivity index (χ1n) is 3.95. The molecule has 3 heteroatoms. The molecule has 0 nitrogen and oxygen atoms in total. The Bertz CT molecular complexity index is 236. The van der Waals surface area contributed by atoms with Gasteiger partial charge in [0.25, 0.3) is 0 Å². The fourth-order valence-corrected chi connectivity index (χ4v) is 0.938. The van der Waals surface area contributed by atoms with Crippen molar-refractivity contribution in [3.8, 4) is 0 Å². The van der Waals surface area contributed by atoms with Gasteiger partial charge in [-0.05, 0) is 5.92 Å². The Morgan fingerprint density at radius 1 is 1.38 bits per heavy atom. The van der Waals surface area contributed by atoms with Crippen LogP contribution in [0.3, 0.4) is 0 Å². The van der Waals surface area contributed by atoms with Crippen LogP contribution in [0.5, 0.6) is 0 Å². The van der Waals surface area contributed by atoms with Crippen LogP contribution in [0.1, 0.15) is 30.9 Å². The molecule has 0 amide bonds. The van der Waals surface area contributed by atoms with Crippen molar-refractivity contribution in [2.24, 2.45) is 0 Å². The summed E-state index contributed by atoms with van der Waals surface area (Å²) in [6.45, 7) is 6.48. The number of halogens is 2. The molecule has 0 N–H and O–H groups in total. The molecule has 76 valence electrons. The van der Waals surface area contributed by atoms with Gasteiger partial charge in [-0.15, -0.1) is 0 Å². The summed E-state index contributed by atoms with van der Waals surface area (Å²) >= 11 is -0.346. The van der Waals surface area contributed by atoms with E-state index in [2.05, 4.69) is 39.0 Å². The first-order chi connectivity index (χ1) is 6.11. The summed E-state index contributed by atoms with van der Waals surface area (Å²) in [5.74, 6) is 0.597. The van der Waals surface area contributed by atoms with E-state index >= 15 is 0 Å². The Labute approximate surface area is 96.3 Å². The average Bonchev–Trinajstić information content (AvgIpc) is 2.05. The molecule has 0 saturated carbocycles. The zero-order valence-electron chi connectivity index (χ0n) is 7.92. The van der Waals surface area contributed by atoms with Crippen molar-refractivity contribution in [2.75, 3.05) is 0 Å². The van der Waals surface area contributed by atoms with Gasteiger partial charge in [0.05, 0.1) is 0 Å². The molecule has 0 aromatic heterocycles. The van der Waals surface area contributed by atoms with Crippen LogP contribution in [-0.2, 0) is 15.1 Å². The molecule has 0 spiro atoms. The molecular formula is C10H13Cl2Ru-. The van der Waals surface area contributed by atoms with Crippen LogP contribution in [0.25, 0.3) is 0 Å². The Morgan fingerprint density at radius 3 is 2.23 bits per heavy atom. The van der Waals surface area contributed by atoms with E-state index in [4.69, 9.17) is 19.4 Å². The van der Waals surface area contributed by atoms with Crippen molar-refractivity contribution in [2.45, 2.75) is 26.7 Å². The zero-order chi connectivity index (χ0) is 10.3. The van der Waals surface area contributed by atoms with Crippen molar-refractivity contribution < 1.29 is 15.1 Å². The molecule has 0 fully saturated rings. The molecule has 0 aliphatic carbocycles. The van der Waals surface area contributed by atoms with E-state index in [1.807, 2.05) is 6.07 Å². The van der Waals surface area contributed by atoms with Gasteiger partial charge in [-0.1, -0.05) is 20.8 Å². The minimum atomic E-state index is -0.346. The summed E-state index contributed by atoms with van der Waals surface area (Å²) in [6.07, 6.45) is 0. The molecule has 0 atom stereocenters. The van der Waals surface area contributed by atoms with Gasteiger partial charge < -0.3 is 0 Å². The Hall–Kier alpha value is 0.423. The summed E-state index contributed by atoms with van der Waals surface area (Å²) in [6, 6.07) is 9.46. The van der Waals surface area contributed by atoms with Gasteiger partial charge in [0.2, 0.25) is 0 Å². The molecule has 0 aliphatic heterocycles. The van der Waals surface area contributed by atoms with Crippen LogP contribution < -0.4 is 0 Å². The number of benzene rings is 1. The molecule has 0 aliphatic rings. The molecule has 0 saturated heterocycles. The van der Waals surface area contributed by atoms with E-state index < -0.39 is 0 Å². The van der Waals surface area contributed by atoms with Crippen molar-refractivity contribution in [1.82, 2.24) is 0 Å². The molecule has 1 rings (SSSR count). The first kappa shape index (κ1) is 13.4. The van der Waals surface area contributed by atoms with Crippen LogP contribution >= 0.6 is 19.4 Å². The number of rotatable bonds is 1. The number of hydrogen-bond acceptors (Lipinski definition) is 0. The van der Waals surface area contributed by atoms with E-state index in [-0.39, 0.29) is 15.1 Å². The molecule has 0 heterocycles. The van der Waals surface area contributed by atoms with E-state index in [0.717, 1.165) is 0 Å². The summed E-state index contributed by atoms with van der Waals surface area (Å²) < 4.78 is 0. The maximum atomic E-state index is 4.85. The van der Waals surface area contributed by atoms with Crippen LogP contribution in [0.15, 0.2) is 18.2 Å². The van der Waals surface area contributed by atoms with Crippen LogP contribution in [0.4, 0.5) is 0 Å². The van der Waals surface area contributed by atoms with Crippen LogP contribution in [0, 0.1) is 13.0 Å². The summed E-state index contributed by atoms with van der Waals surface area (Å²) in [4.78, 5) is 0. The van der Waals surface area contributed by atoms with Crippen molar-refractivity contribution in [3.05, 3.63) is 35.4 Å². The third-order valence-electron chi connectivity index (χ3n) is 1.60. The van der Waals surface area contributed by atoms with Crippen LogP contribution in [-0.4, -0.2) is 0 Å². The standard InChI is InChI=1S/C10H13.2ClH.Ru/c1-8(2)10-6-4-5-9(3)7-10;;;/h4-5,7-8H,1-3H3;2*1H;/q-1;;;+2/p-2. The summed E-state index contributed by atoms with van der Waals surface area (Å²) in [5, 5.41) is 0. The normalized spacial score (nSPS) is 9.69. The van der Waals surface area contributed by atoms with Crippen molar-refractivity contribution >= 4 is 19.4 Å². The van der Waals surface area contributed by atoms with Gasteiger partial charge in [0.15, 0.2) is 0 Å². The van der Waals surface area contributed by atoms with Gasteiger partial charge >= 0.3 is 34.5 Å². The van der Waals surface area contributed by atoms with Gasteiger partial charge in [0.1, 0.15) is 0 Å². The van der Waals surface area contributed by atoms with Crippen molar-refractivity contribution in [3.63, 3.8) is 0 Å². The van der Waals surface area contributed by atoms with E-state index in [1.54, 1.807) is 0 Å². The second kappa shape index (κ2) is 7.79. The SMILES string of the molecule is Cc1cc[c-]c(C(C)C)c1.[Cl][Ru][Cl].